The molecule has 1 aliphatic heterocycles. The lowest BCUT2D eigenvalue weighted by Gasteiger charge is -2.31. The number of hydrogen-bond donors (Lipinski definition) is 1. The summed E-state index contributed by atoms with van der Waals surface area (Å²) in [7, 11) is 0. The molecule has 0 bridgehead atoms. The fourth-order valence-electron chi connectivity index (χ4n) is 4.05. The van der Waals surface area contributed by atoms with Crippen molar-refractivity contribution in [1.29, 1.82) is 0 Å². The lowest BCUT2D eigenvalue weighted by molar-refractivity contribution is -0.120. The van der Waals surface area contributed by atoms with Gasteiger partial charge in [0.15, 0.2) is 0 Å². The van der Waals surface area contributed by atoms with Gasteiger partial charge in [-0.25, -0.2) is 0 Å². The fourth-order valence-corrected chi connectivity index (χ4v) is 5.05. The van der Waals surface area contributed by atoms with Gasteiger partial charge in [-0.15, -0.1) is 10.2 Å². The summed E-state index contributed by atoms with van der Waals surface area (Å²) in [5.41, 5.74) is 5.48. The quantitative estimate of drug-likeness (QED) is 0.693. The van der Waals surface area contributed by atoms with E-state index in [4.69, 9.17) is 0 Å². The Bertz CT molecular complexity index is 998. The van der Waals surface area contributed by atoms with Crippen molar-refractivity contribution >= 4 is 28.1 Å². The van der Waals surface area contributed by atoms with Gasteiger partial charge < -0.3 is 10.2 Å². The largest absolute Gasteiger partial charge is 0.346 e. The molecule has 1 atom stereocenters. The Morgan fingerprint density at radius 2 is 1.69 bits per heavy atom. The molecule has 29 heavy (non-hydrogen) atoms. The summed E-state index contributed by atoms with van der Waals surface area (Å²) in [5, 5.41) is 13.7. The van der Waals surface area contributed by atoms with Crippen molar-refractivity contribution < 1.29 is 4.79 Å². The van der Waals surface area contributed by atoms with Crippen molar-refractivity contribution in [3.63, 3.8) is 0 Å². The van der Waals surface area contributed by atoms with E-state index in [0.717, 1.165) is 57.9 Å². The molecule has 1 saturated heterocycles. The second kappa shape index (κ2) is 7.99. The molecule has 4 rings (SSSR count). The summed E-state index contributed by atoms with van der Waals surface area (Å²) >= 11 is 1.58. The number of piperidine rings is 1. The van der Waals surface area contributed by atoms with Crippen LogP contribution in [0, 0.1) is 33.6 Å². The van der Waals surface area contributed by atoms with Crippen LogP contribution < -0.4 is 10.2 Å². The van der Waals surface area contributed by atoms with E-state index in [0.29, 0.717) is 6.54 Å². The van der Waals surface area contributed by atoms with Gasteiger partial charge in [0.1, 0.15) is 0 Å². The maximum atomic E-state index is 12.9. The van der Waals surface area contributed by atoms with Crippen molar-refractivity contribution in [3.05, 3.63) is 52.8 Å². The molecule has 0 saturated carbocycles. The topological polar surface area (TPSA) is 63.1 Å². The first-order chi connectivity index (χ1) is 13.9. The third-order valence-corrected chi connectivity index (χ3v) is 6.39. The molecule has 1 aromatic carbocycles. The molecule has 1 aliphatic rings. The van der Waals surface area contributed by atoms with Gasteiger partial charge in [-0.2, -0.15) is 0 Å². The Balaban J connectivity index is 1.46. The van der Waals surface area contributed by atoms with Crippen molar-refractivity contribution in [2.75, 3.05) is 23.3 Å². The summed E-state index contributed by atoms with van der Waals surface area (Å²) in [5.74, 6) is 0.0357. The van der Waals surface area contributed by atoms with E-state index in [1.54, 1.807) is 11.3 Å². The summed E-state index contributed by atoms with van der Waals surface area (Å²) in [6.07, 6.45) is 1.87. The Kier molecular flexibility index (Phi) is 5.41. The average Bonchev–Trinajstić information content (AvgIpc) is 3.27. The molecular weight excluding hydrogens is 382 g/mol. The van der Waals surface area contributed by atoms with Gasteiger partial charge in [-0.3, -0.25) is 9.36 Å². The predicted molar refractivity (Wildman–Crippen MR) is 118 cm³/mol. The lowest BCUT2D eigenvalue weighted by atomic mass is 9.97. The SMILES string of the molecule is Cc1cc(C)cc(NC(=O)[C@@H]2CCCN(c3nnc(-n4c(C)ccc4C)s3)C2)c1. The van der Waals surface area contributed by atoms with Gasteiger partial charge in [-0.05, 0) is 75.9 Å². The Morgan fingerprint density at radius 3 is 2.38 bits per heavy atom. The number of nitrogens with zero attached hydrogens (tertiary/aromatic N) is 4. The van der Waals surface area contributed by atoms with Crippen molar-refractivity contribution in [1.82, 2.24) is 14.8 Å². The van der Waals surface area contributed by atoms with Gasteiger partial charge in [0.25, 0.3) is 0 Å². The van der Waals surface area contributed by atoms with E-state index >= 15 is 0 Å². The number of amides is 1. The number of hydrogen-bond acceptors (Lipinski definition) is 5. The average molecular weight is 410 g/mol. The van der Waals surface area contributed by atoms with E-state index in [1.807, 2.05) is 26.0 Å². The molecule has 152 valence electrons. The van der Waals surface area contributed by atoms with Crippen LogP contribution in [0.1, 0.15) is 35.4 Å². The Labute approximate surface area is 175 Å². The van der Waals surface area contributed by atoms with Crippen LogP contribution in [0.25, 0.3) is 5.13 Å². The number of aryl methyl sites for hydroxylation is 4. The maximum absolute atomic E-state index is 12.9. The minimum absolute atomic E-state index is 0.0491. The van der Waals surface area contributed by atoms with Crippen LogP contribution >= 0.6 is 11.3 Å². The molecular formula is C22H27N5OS. The van der Waals surface area contributed by atoms with Crippen LogP contribution in [0.5, 0.6) is 0 Å². The molecule has 2 aromatic heterocycles. The smallest absolute Gasteiger partial charge is 0.229 e. The monoisotopic (exact) mass is 409 g/mol. The zero-order valence-corrected chi connectivity index (χ0v) is 18.2. The standard InChI is InChI=1S/C22H27N5OS/c1-14-10-15(2)12-19(11-14)23-20(28)18-6-5-9-26(13-18)21-24-25-22(29-21)27-16(3)7-8-17(27)4/h7-8,10-12,18H,5-6,9,13H2,1-4H3,(H,23,28)/t18-/m1/s1. The summed E-state index contributed by atoms with van der Waals surface area (Å²) < 4.78 is 2.12. The molecule has 7 heteroatoms. The van der Waals surface area contributed by atoms with Gasteiger partial charge in [-0.1, -0.05) is 17.4 Å². The van der Waals surface area contributed by atoms with Crippen LogP contribution in [0.2, 0.25) is 0 Å². The van der Waals surface area contributed by atoms with E-state index in [2.05, 4.69) is 57.0 Å². The molecule has 3 heterocycles. The number of nitrogens with one attached hydrogen (secondary N) is 1. The van der Waals surface area contributed by atoms with Gasteiger partial charge in [0.05, 0.1) is 5.92 Å². The Hall–Kier alpha value is -2.67. The second-order valence-corrected chi connectivity index (χ2v) is 8.90. The number of benzene rings is 1. The van der Waals surface area contributed by atoms with Gasteiger partial charge in [0, 0.05) is 30.2 Å². The summed E-state index contributed by atoms with van der Waals surface area (Å²) in [6, 6.07) is 10.3. The Morgan fingerprint density at radius 1 is 1.03 bits per heavy atom. The summed E-state index contributed by atoms with van der Waals surface area (Å²) in [6.45, 7) is 9.82. The van der Waals surface area contributed by atoms with Crippen molar-refractivity contribution in [2.24, 2.45) is 5.92 Å². The lowest BCUT2D eigenvalue weighted by Crippen LogP contribution is -2.40. The fraction of sp³-hybridized carbons (Fsp3) is 0.409. The highest BCUT2D eigenvalue weighted by Gasteiger charge is 2.28. The molecule has 1 fully saturated rings. The zero-order valence-electron chi connectivity index (χ0n) is 17.4. The third-order valence-electron chi connectivity index (χ3n) is 5.42. The number of rotatable bonds is 4. The molecule has 0 unspecified atom stereocenters. The number of aromatic nitrogens is 3. The first kappa shape index (κ1) is 19.6. The molecule has 1 amide bonds. The van der Waals surface area contributed by atoms with Gasteiger partial charge >= 0.3 is 0 Å². The van der Waals surface area contributed by atoms with Crippen LogP contribution in [-0.4, -0.2) is 33.8 Å². The van der Waals surface area contributed by atoms with Gasteiger partial charge in [0.2, 0.25) is 16.2 Å². The van der Waals surface area contributed by atoms with Crippen LogP contribution in [0.15, 0.2) is 30.3 Å². The predicted octanol–water partition coefficient (Wildman–Crippen LogP) is 4.42. The van der Waals surface area contributed by atoms with Crippen molar-refractivity contribution in [3.8, 4) is 5.13 Å². The zero-order chi connectivity index (χ0) is 20.5. The molecule has 3 aromatic rings. The molecule has 1 N–H and O–H groups in total. The van der Waals surface area contributed by atoms with Crippen molar-refractivity contribution in [2.45, 2.75) is 40.5 Å². The van der Waals surface area contributed by atoms with E-state index in [9.17, 15) is 4.79 Å². The van der Waals surface area contributed by atoms with E-state index in [1.165, 1.54) is 0 Å². The number of anilines is 2. The minimum Gasteiger partial charge on any atom is -0.346 e. The van der Waals surface area contributed by atoms with E-state index < -0.39 is 0 Å². The molecule has 0 spiro atoms. The molecule has 6 nitrogen and oxygen atoms in total. The van der Waals surface area contributed by atoms with Crippen LogP contribution in [0.3, 0.4) is 0 Å². The van der Waals surface area contributed by atoms with Crippen LogP contribution in [-0.2, 0) is 4.79 Å². The second-order valence-electron chi connectivity index (χ2n) is 7.97. The highest BCUT2D eigenvalue weighted by atomic mass is 32.1. The number of carbonyl (C=O) groups is 1. The first-order valence-corrected chi connectivity index (χ1v) is 10.9. The van der Waals surface area contributed by atoms with Crippen LogP contribution in [0.4, 0.5) is 10.8 Å². The minimum atomic E-state index is -0.0491. The summed E-state index contributed by atoms with van der Waals surface area (Å²) in [4.78, 5) is 15.1. The van der Waals surface area contributed by atoms with E-state index in [-0.39, 0.29) is 11.8 Å². The molecule has 0 radical (unpaired) electrons. The molecule has 0 aliphatic carbocycles. The normalized spacial score (nSPS) is 16.8. The highest BCUT2D eigenvalue weighted by molar-refractivity contribution is 7.17. The maximum Gasteiger partial charge on any atom is 0.229 e. The number of carbonyl (C=O) groups excluding carboxylic acids is 1. The first-order valence-electron chi connectivity index (χ1n) is 10.0. The highest BCUT2D eigenvalue weighted by Crippen LogP contribution is 2.29. The third kappa shape index (κ3) is 4.19.